The van der Waals surface area contributed by atoms with Gasteiger partial charge in [-0.05, 0) is 44.1 Å². The van der Waals surface area contributed by atoms with Crippen molar-refractivity contribution in [1.29, 1.82) is 0 Å². The average molecular weight is 469 g/mol. The lowest BCUT2D eigenvalue weighted by atomic mass is 9.96. The molecule has 9 nitrogen and oxygen atoms in total. The van der Waals surface area contributed by atoms with Gasteiger partial charge < -0.3 is 24.0 Å². The van der Waals surface area contributed by atoms with E-state index in [2.05, 4.69) is 0 Å². The molecule has 0 bridgehead atoms. The first kappa shape index (κ1) is 24.8. The summed E-state index contributed by atoms with van der Waals surface area (Å²) in [5.74, 6) is -2.17. The fourth-order valence-electron chi connectivity index (χ4n) is 3.96. The van der Waals surface area contributed by atoms with Crippen LogP contribution in [0.25, 0.3) is 0 Å². The van der Waals surface area contributed by atoms with Gasteiger partial charge in [0.25, 0.3) is 5.91 Å². The summed E-state index contributed by atoms with van der Waals surface area (Å²) >= 11 is 0. The van der Waals surface area contributed by atoms with Gasteiger partial charge >= 0.3 is 17.9 Å². The van der Waals surface area contributed by atoms with E-state index in [-0.39, 0.29) is 29.1 Å². The van der Waals surface area contributed by atoms with Gasteiger partial charge in [0, 0.05) is 19.3 Å². The second kappa shape index (κ2) is 11.3. The summed E-state index contributed by atoms with van der Waals surface area (Å²) in [5, 5.41) is 0. The number of carbonyl (C=O) groups is 4. The zero-order valence-corrected chi connectivity index (χ0v) is 19.5. The van der Waals surface area contributed by atoms with Crippen molar-refractivity contribution >= 4 is 29.5 Å². The normalized spacial score (nSPS) is 16.2. The molecule has 0 unspecified atom stereocenters. The number of likely N-dealkylation sites (tertiary alicyclic amines) is 1. The van der Waals surface area contributed by atoms with E-state index in [0.717, 1.165) is 0 Å². The van der Waals surface area contributed by atoms with Crippen LogP contribution < -0.4 is 4.90 Å². The molecule has 0 aromatic heterocycles. The van der Waals surface area contributed by atoms with Crippen molar-refractivity contribution in [2.45, 2.75) is 19.8 Å². The smallest absolute Gasteiger partial charge is 0.355 e. The Hall–Kier alpha value is -3.88. The number of para-hydroxylation sites is 1. The second-order valence-electron chi connectivity index (χ2n) is 7.65. The van der Waals surface area contributed by atoms with Crippen molar-refractivity contribution in [3.8, 4) is 0 Å². The molecule has 1 aromatic rings. The van der Waals surface area contributed by atoms with E-state index in [1.54, 1.807) is 54.4 Å². The Bertz CT molecular complexity index is 1050. The molecule has 2 heterocycles. The summed E-state index contributed by atoms with van der Waals surface area (Å²) in [6, 6.07) is 6.81. The molecule has 0 aliphatic carbocycles. The minimum Gasteiger partial charge on any atom is -0.466 e. The summed E-state index contributed by atoms with van der Waals surface area (Å²) in [4.78, 5) is 53.8. The molecule has 180 valence electrons. The largest absolute Gasteiger partial charge is 0.466 e. The van der Waals surface area contributed by atoms with Crippen molar-refractivity contribution in [2.75, 3.05) is 38.8 Å². The molecule has 2 aliphatic rings. The number of ether oxygens (including phenoxy) is 3. The number of esters is 3. The van der Waals surface area contributed by atoms with Gasteiger partial charge in [-0.3, -0.25) is 9.59 Å². The molecule has 1 amide bonds. The molecule has 0 radical (unpaired) electrons. The minimum atomic E-state index is -0.755. The van der Waals surface area contributed by atoms with Crippen LogP contribution in [-0.4, -0.2) is 62.6 Å². The zero-order valence-electron chi connectivity index (χ0n) is 19.5. The van der Waals surface area contributed by atoms with Crippen molar-refractivity contribution in [3.63, 3.8) is 0 Å². The molecule has 9 heteroatoms. The molecule has 1 saturated heterocycles. The lowest BCUT2D eigenvalue weighted by molar-refractivity contribution is -0.149. The third kappa shape index (κ3) is 5.19. The SMILES string of the molecule is CCOC(=O)C1CCN(C(=O)c2ccccc2N2C=CC=CC(C(=O)OC)=C2C(=O)OC)CC1. The lowest BCUT2D eigenvalue weighted by Crippen LogP contribution is -2.41. The third-order valence-electron chi connectivity index (χ3n) is 5.69. The van der Waals surface area contributed by atoms with E-state index in [9.17, 15) is 19.2 Å². The van der Waals surface area contributed by atoms with E-state index in [1.807, 2.05) is 0 Å². The van der Waals surface area contributed by atoms with E-state index in [1.165, 1.54) is 25.2 Å². The van der Waals surface area contributed by atoms with Crippen molar-refractivity contribution in [2.24, 2.45) is 5.92 Å². The van der Waals surface area contributed by atoms with Crippen LogP contribution in [0.5, 0.6) is 0 Å². The van der Waals surface area contributed by atoms with Gasteiger partial charge in [-0.2, -0.15) is 0 Å². The fraction of sp³-hybridized carbons (Fsp3) is 0.360. The van der Waals surface area contributed by atoms with E-state index in [4.69, 9.17) is 14.2 Å². The van der Waals surface area contributed by atoms with Crippen molar-refractivity contribution in [3.05, 3.63) is 65.5 Å². The van der Waals surface area contributed by atoms with Gasteiger partial charge in [0.15, 0.2) is 0 Å². The molecule has 0 atom stereocenters. The third-order valence-corrected chi connectivity index (χ3v) is 5.69. The van der Waals surface area contributed by atoms with Gasteiger partial charge in [-0.25, -0.2) is 9.59 Å². The minimum absolute atomic E-state index is 0.00291. The Morgan fingerprint density at radius 2 is 1.65 bits per heavy atom. The molecule has 2 aliphatic heterocycles. The van der Waals surface area contributed by atoms with E-state index in [0.29, 0.717) is 43.8 Å². The van der Waals surface area contributed by atoms with Gasteiger partial charge in [-0.1, -0.05) is 18.2 Å². The van der Waals surface area contributed by atoms with Gasteiger partial charge in [0.1, 0.15) is 5.70 Å². The number of methoxy groups -OCH3 is 2. The Labute approximate surface area is 198 Å². The number of benzene rings is 1. The standard InChI is InChI=1S/C25H28N2O7/c1-4-34-23(29)17-12-15-26(16-13-17)22(28)18-9-5-6-11-20(18)27-14-8-7-10-19(24(30)32-2)21(27)25(31)33-3/h5-11,14,17H,4,12-13,15-16H2,1-3H3. The topological polar surface area (TPSA) is 102 Å². The van der Waals surface area contributed by atoms with E-state index >= 15 is 0 Å². The summed E-state index contributed by atoms with van der Waals surface area (Å²) in [5.41, 5.74) is 0.675. The number of hydrogen-bond acceptors (Lipinski definition) is 8. The fourth-order valence-corrected chi connectivity index (χ4v) is 3.96. The monoisotopic (exact) mass is 468 g/mol. The molecular weight excluding hydrogens is 440 g/mol. The van der Waals surface area contributed by atoms with Gasteiger partial charge in [-0.15, -0.1) is 0 Å². The first-order valence-corrected chi connectivity index (χ1v) is 11.0. The van der Waals surface area contributed by atoms with Gasteiger partial charge in [0.05, 0.1) is 43.6 Å². The number of piperidine rings is 1. The van der Waals surface area contributed by atoms with Crippen LogP contribution in [0.4, 0.5) is 5.69 Å². The molecule has 0 saturated carbocycles. The predicted molar refractivity (Wildman–Crippen MR) is 124 cm³/mol. The molecule has 1 aromatic carbocycles. The second-order valence-corrected chi connectivity index (χ2v) is 7.65. The number of carbonyl (C=O) groups excluding carboxylic acids is 4. The number of hydrogen-bond donors (Lipinski definition) is 0. The molecular formula is C25H28N2O7. The van der Waals surface area contributed by atoms with Crippen LogP contribution in [0, 0.1) is 5.92 Å². The number of nitrogens with zero attached hydrogens (tertiary/aromatic N) is 2. The van der Waals surface area contributed by atoms with Crippen LogP contribution in [0.15, 0.2) is 60.0 Å². The molecule has 3 rings (SSSR count). The Morgan fingerprint density at radius 1 is 0.971 bits per heavy atom. The number of anilines is 1. The van der Waals surface area contributed by atoms with Crippen molar-refractivity contribution < 1.29 is 33.4 Å². The van der Waals surface area contributed by atoms with Crippen LogP contribution in [0.2, 0.25) is 0 Å². The zero-order chi connectivity index (χ0) is 24.7. The molecule has 0 N–H and O–H groups in total. The predicted octanol–water partition coefficient (Wildman–Crippen LogP) is 2.59. The number of allylic oxidation sites excluding steroid dienone is 2. The molecule has 1 fully saturated rings. The number of rotatable bonds is 6. The lowest BCUT2D eigenvalue weighted by Gasteiger charge is -2.32. The number of amides is 1. The first-order valence-electron chi connectivity index (χ1n) is 11.0. The average Bonchev–Trinajstić information content (AvgIpc) is 3.10. The summed E-state index contributed by atoms with van der Waals surface area (Å²) < 4.78 is 14.9. The van der Waals surface area contributed by atoms with Crippen LogP contribution in [0.1, 0.15) is 30.1 Å². The van der Waals surface area contributed by atoms with Crippen molar-refractivity contribution in [1.82, 2.24) is 4.90 Å². The Morgan fingerprint density at radius 3 is 2.29 bits per heavy atom. The highest BCUT2D eigenvalue weighted by molar-refractivity contribution is 6.07. The highest BCUT2D eigenvalue weighted by atomic mass is 16.5. The highest BCUT2D eigenvalue weighted by Crippen LogP contribution is 2.31. The quantitative estimate of drug-likeness (QED) is 0.464. The summed E-state index contributed by atoms with van der Waals surface area (Å²) in [6.45, 7) is 2.90. The molecule has 0 spiro atoms. The summed E-state index contributed by atoms with van der Waals surface area (Å²) in [6.07, 6.45) is 7.31. The molecule has 34 heavy (non-hydrogen) atoms. The first-order chi connectivity index (χ1) is 16.4. The van der Waals surface area contributed by atoms with Gasteiger partial charge in [0.2, 0.25) is 0 Å². The van der Waals surface area contributed by atoms with Crippen LogP contribution in [-0.2, 0) is 28.6 Å². The summed E-state index contributed by atoms with van der Waals surface area (Å²) in [7, 11) is 2.43. The maximum atomic E-state index is 13.5. The Kier molecular flexibility index (Phi) is 8.24. The highest BCUT2D eigenvalue weighted by Gasteiger charge is 2.32. The maximum absolute atomic E-state index is 13.5. The van der Waals surface area contributed by atoms with Crippen LogP contribution in [0.3, 0.4) is 0 Å². The Balaban J connectivity index is 1.95. The maximum Gasteiger partial charge on any atom is 0.355 e. The van der Waals surface area contributed by atoms with E-state index < -0.39 is 11.9 Å². The van der Waals surface area contributed by atoms with Crippen LogP contribution >= 0.6 is 0 Å².